The molecule has 0 heterocycles. The first-order valence-electron chi connectivity index (χ1n) is 8.61. The summed E-state index contributed by atoms with van der Waals surface area (Å²) in [5.41, 5.74) is 0.982. The second-order valence-corrected chi connectivity index (χ2v) is 6.89. The van der Waals surface area contributed by atoms with Gasteiger partial charge in [-0.2, -0.15) is 0 Å². The normalized spacial score (nSPS) is 15.3. The molecule has 4 heteroatoms. The van der Waals surface area contributed by atoms with Crippen LogP contribution >= 0.6 is 0 Å². The molecule has 1 atom stereocenters. The van der Waals surface area contributed by atoms with Crippen LogP contribution in [0.1, 0.15) is 32.3 Å². The molecule has 1 aliphatic rings. The van der Waals surface area contributed by atoms with Gasteiger partial charge in [0.05, 0.1) is 6.42 Å². The van der Waals surface area contributed by atoms with E-state index in [1.807, 2.05) is 56.3 Å². The minimum atomic E-state index is -0.479. The molecule has 0 aliphatic heterocycles. The highest BCUT2D eigenvalue weighted by Crippen LogP contribution is 2.20. The number of rotatable bonds is 6. The smallest absolute Gasteiger partial charge is 0.243 e. The third kappa shape index (κ3) is 3.94. The number of amides is 2. The van der Waals surface area contributed by atoms with E-state index in [0.717, 1.165) is 29.2 Å². The van der Waals surface area contributed by atoms with Crippen LogP contribution in [0.4, 0.5) is 0 Å². The Morgan fingerprint density at radius 2 is 1.79 bits per heavy atom. The second kappa shape index (κ2) is 7.04. The average molecular weight is 324 g/mol. The van der Waals surface area contributed by atoms with Crippen LogP contribution in [0, 0.1) is 5.92 Å². The summed E-state index contributed by atoms with van der Waals surface area (Å²) in [6.45, 7) is 3.91. The van der Waals surface area contributed by atoms with Gasteiger partial charge in [-0.15, -0.1) is 0 Å². The zero-order chi connectivity index (χ0) is 17.1. The van der Waals surface area contributed by atoms with E-state index in [4.69, 9.17) is 0 Å². The molecule has 0 aromatic heterocycles. The highest BCUT2D eigenvalue weighted by atomic mass is 16.2. The van der Waals surface area contributed by atoms with E-state index in [1.165, 1.54) is 0 Å². The van der Waals surface area contributed by atoms with Crippen LogP contribution in [0.2, 0.25) is 0 Å². The number of benzene rings is 2. The van der Waals surface area contributed by atoms with E-state index >= 15 is 0 Å². The molecule has 1 saturated carbocycles. The summed E-state index contributed by atoms with van der Waals surface area (Å²) < 4.78 is 0. The second-order valence-electron chi connectivity index (χ2n) is 6.89. The van der Waals surface area contributed by atoms with Gasteiger partial charge >= 0.3 is 0 Å². The van der Waals surface area contributed by atoms with Crippen LogP contribution in [0.25, 0.3) is 10.8 Å². The van der Waals surface area contributed by atoms with E-state index in [2.05, 4.69) is 10.6 Å². The summed E-state index contributed by atoms with van der Waals surface area (Å²) in [6, 6.07) is 13.8. The molecule has 126 valence electrons. The number of nitrogens with one attached hydrogen (secondary N) is 2. The molecule has 0 spiro atoms. The third-order valence-corrected chi connectivity index (χ3v) is 4.42. The van der Waals surface area contributed by atoms with Crippen molar-refractivity contribution in [3.63, 3.8) is 0 Å². The molecule has 2 aromatic rings. The summed E-state index contributed by atoms with van der Waals surface area (Å²) in [6.07, 6.45) is 2.36. The number of hydrogen-bond acceptors (Lipinski definition) is 2. The van der Waals surface area contributed by atoms with Crippen LogP contribution in [-0.2, 0) is 16.0 Å². The van der Waals surface area contributed by atoms with Crippen molar-refractivity contribution in [2.24, 2.45) is 5.92 Å². The average Bonchev–Trinajstić information content (AvgIpc) is 3.36. The summed E-state index contributed by atoms with van der Waals surface area (Å²) in [5.74, 6) is -0.130. The number of fused-ring (bicyclic) bond motifs is 1. The molecule has 24 heavy (non-hydrogen) atoms. The Morgan fingerprint density at radius 3 is 2.50 bits per heavy atom. The molecule has 1 fully saturated rings. The van der Waals surface area contributed by atoms with Gasteiger partial charge in [0, 0.05) is 6.04 Å². The molecule has 1 aliphatic carbocycles. The van der Waals surface area contributed by atoms with E-state index in [-0.39, 0.29) is 24.2 Å². The molecular formula is C20H24N2O2. The van der Waals surface area contributed by atoms with E-state index in [9.17, 15) is 9.59 Å². The van der Waals surface area contributed by atoms with Gasteiger partial charge in [0.2, 0.25) is 11.8 Å². The summed E-state index contributed by atoms with van der Waals surface area (Å²) in [4.78, 5) is 24.8. The summed E-state index contributed by atoms with van der Waals surface area (Å²) in [7, 11) is 0. The summed E-state index contributed by atoms with van der Waals surface area (Å²) in [5, 5.41) is 8.09. The van der Waals surface area contributed by atoms with Gasteiger partial charge in [0.1, 0.15) is 6.04 Å². The SMILES string of the molecule is CC(C)[C@H](NC(=O)Cc1cccc2ccccc12)C(=O)NC1CC1. The van der Waals surface area contributed by atoms with Gasteiger partial charge in [-0.1, -0.05) is 56.3 Å². The fraction of sp³-hybridized carbons (Fsp3) is 0.400. The standard InChI is InChI=1S/C20H24N2O2/c1-13(2)19(20(24)21-16-10-11-16)22-18(23)12-15-8-5-7-14-6-3-4-9-17(14)15/h3-9,13,16,19H,10-12H2,1-2H3,(H,21,24)(H,22,23)/t19-/m0/s1. The molecule has 2 N–H and O–H groups in total. The monoisotopic (exact) mass is 324 g/mol. The minimum Gasteiger partial charge on any atom is -0.352 e. The first kappa shape index (κ1) is 16.5. The van der Waals surface area contributed by atoms with Gasteiger partial charge < -0.3 is 10.6 Å². The van der Waals surface area contributed by atoms with Crippen LogP contribution in [0.3, 0.4) is 0 Å². The number of hydrogen-bond donors (Lipinski definition) is 2. The maximum Gasteiger partial charge on any atom is 0.243 e. The van der Waals surface area contributed by atoms with E-state index < -0.39 is 6.04 Å². The largest absolute Gasteiger partial charge is 0.352 e. The Bertz CT molecular complexity index is 745. The Morgan fingerprint density at radius 1 is 1.08 bits per heavy atom. The van der Waals surface area contributed by atoms with Gasteiger partial charge in [0.15, 0.2) is 0 Å². The number of carbonyl (C=O) groups excluding carboxylic acids is 2. The molecule has 2 aromatic carbocycles. The Labute approximate surface area is 142 Å². The lowest BCUT2D eigenvalue weighted by molar-refractivity contribution is -0.129. The fourth-order valence-electron chi connectivity index (χ4n) is 2.90. The van der Waals surface area contributed by atoms with Crippen molar-refractivity contribution in [1.82, 2.24) is 10.6 Å². The lowest BCUT2D eigenvalue weighted by Crippen LogP contribution is -2.50. The molecule has 0 saturated heterocycles. The predicted molar refractivity (Wildman–Crippen MR) is 95.6 cm³/mol. The number of carbonyl (C=O) groups is 2. The van der Waals surface area contributed by atoms with Gasteiger partial charge in [-0.25, -0.2) is 0 Å². The van der Waals surface area contributed by atoms with Crippen LogP contribution in [-0.4, -0.2) is 23.9 Å². The fourth-order valence-corrected chi connectivity index (χ4v) is 2.90. The van der Waals surface area contributed by atoms with Gasteiger partial charge in [-0.05, 0) is 35.1 Å². The van der Waals surface area contributed by atoms with Gasteiger partial charge in [-0.3, -0.25) is 9.59 Å². The van der Waals surface area contributed by atoms with Crippen molar-refractivity contribution >= 4 is 22.6 Å². The highest BCUT2D eigenvalue weighted by Gasteiger charge is 2.30. The minimum absolute atomic E-state index is 0.0558. The van der Waals surface area contributed by atoms with Gasteiger partial charge in [0.25, 0.3) is 0 Å². The molecule has 0 bridgehead atoms. The third-order valence-electron chi connectivity index (χ3n) is 4.42. The van der Waals surface area contributed by atoms with Crippen molar-refractivity contribution in [1.29, 1.82) is 0 Å². The van der Waals surface area contributed by atoms with Crippen molar-refractivity contribution in [2.45, 2.75) is 45.2 Å². The topological polar surface area (TPSA) is 58.2 Å². The van der Waals surface area contributed by atoms with Crippen LogP contribution < -0.4 is 10.6 Å². The molecule has 2 amide bonds. The zero-order valence-electron chi connectivity index (χ0n) is 14.2. The maximum atomic E-state index is 12.5. The lowest BCUT2D eigenvalue weighted by Gasteiger charge is -2.22. The Balaban J connectivity index is 1.69. The van der Waals surface area contributed by atoms with Crippen molar-refractivity contribution in [3.05, 3.63) is 48.0 Å². The van der Waals surface area contributed by atoms with Crippen LogP contribution in [0.5, 0.6) is 0 Å². The van der Waals surface area contributed by atoms with Crippen molar-refractivity contribution in [2.75, 3.05) is 0 Å². The van der Waals surface area contributed by atoms with Crippen molar-refractivity contribution in [3.8, 4) is 0 Å². The Hall–Kier alpha value is -2.36. The Kier molecular flexibility index (Phi) is 4.84. The lowest BCUT2D eigenvalue weighted by atomic mass is 10.0. The first-order chi connectivity index (χ1) is 11.5. The zero-order valence-corrected chi connectivity index (χ0v) is 14.2. The van der Waals surface area contributed by atoms with Crippen molar-refractivity contribution < 1.29 is 9.59 Å². The molecule has 4 nitrogen and oxygen atoms in total. The molecule has 0 radical (unpaired) electrons. The predicted octanol–water partition coefficient (Wildman–Crippen LogP) is 2.80. The maximum absolute atomic E-state index is 12.5. The van der Waals surface area contributed by atoms with E-state index in [1.54, 1.807) is 0 Å². The first-order valence-corrected chi connectivity index (χ1v) is 8.61. The molecular weight excluding hydrogens is 300 g/mol. The van der Waals surface area contributed by atoms with Crippen LogP contribution in [0.15, 0.2) is 42.5 Å². The molecule has 3 rings (SSSR count). The quantitative estimate of drug-likeness (QED) is 0.858. The highest BCUT2D eigenvalue weighted by molar-refractivity contribution is 5.92. The summed E-state index contributed by atoms with van der Waals surface area (Å²) >= 11 is 0. The van der Waals surface area contributed by atoms with E-state index in [0.29, 0.717) is 6.04 Å². The molecule has 0 unspecified atom stereocenters.